The van der Waals surface area contributed by atoms with Crippen LogP contribution in [-0.2, 0) is 16.1 Å². The van der Waals surface area contributed by atoms with Crippen molar-refractivity contribution >= 4 is 23.7 Å². The summed E-state index contributed by atoms with van der Waals surface area (Å²) in [6.45, 7) is 2.21. The molecule has 2 heterocycles. The molecule has 0 aromatic carbocycles. The van der Waals surface area contributed by atoms with E-state index < -0.39 is 5.91 Å². The van der Waals surface area contributed by atoms with E-state index in [-0.39, 0.29) is 12.3 Å². The first-order chi connectivity index (χ1) is 10.0. The Labute approximate surface area is 121 Å². The Morgan fingerprint density at radius 2 is 2.24 bits per heavy atom. The predicted molar refractivity (Wildman–Crippen MR) is 77.1 cm³/mol. The van der Waals surface area contributed by atoms with Crippen molar-refractivity contribution in [3.8, 4) is 0 Å². The monoisotopic (exact) mass is 288 g/mol. The van der Waals surface area contributed by atoms with Crippen LogP contribution in [-0.4, -0.2) is 21.6 Å². The Hall–Kier alpha value is -2.83. The van der Waals surface area contributed by atoms with Gasteiger partial charge in [-0.2, -0.15) is 5.10 Å². The van der Waals surface area contributed by atoms with Gasteiger partial charge >= 0.3 is 0 Å². The fourth-order valence-electron chi connectivity index (χ4n) is 1.65. The number of carbonyl (C=O) groups excluding carboxylic acids is 2. The summed E-state index contributed by atoms with van der Waals surface area (Å²) in [4.78, 5) is 22.4. The van der Waals surface area contributed by atoms with Gasteiger partial charge in [-0.1, -0.05) is 0 Å². The molecule has 0 atom stereocenters. The van der Waals surface area contributed by atoms with Crippen LogP contribution in [0.2, 0.25) is 0 Å². The largest absolute Gasteiger partial charge is 0.462 e. The lowest BCUT2D eigenvalue weighted by atomic mass is 10.4. The molecule has 7 heteroatoms. The summed E-state index contributed by atoms with van der Waals surface area (Å²) in [5.74, 6) is 1.08. The predicted octanol–water partition coefficient (Wildman–Crippen LogP) is 1.31. The third kappa shape index (κ3) is 4.64. The Morgan fingerprint density at radius 3 is 2.90 bits per heavy atom. The molecule has 2 aromatic rings. The number of nitrogens with zero attached hydrogens (tertiary/aromatic N) is 2. The van der Waals surface area contributed by atoms with E-state index in [2.05, 4.69) is 10.4 Å². The van der Waals surface area contributed by atoms with Crippen LogP contribution in [0, 0.1) is 6.92 Å². The van der Waals surface area contributed by atoms with Crippen molar-refractivity contribution < 1.29 is 14.0 Å². The standard InChI is InChI=1S/C14H16N4O3/c1-10-2-3-11(21-10)4-5-14(20)16-13-7-9-18(17-13)8-6-12(15)19/h2-5,7,9H,6,8H2,1H3,(H2,15,19)(H,16,17,20). The van der Waals surface area contributed by atoms with Gasteiger partial charge in [-0.15, -0.1) is 0 Å². The molecule has 2 amide bonds. The number of primary amides is 1. The summed E-state index contributed by atoms with van der Waals surface area (Å²) in [7, 11) is 0. The van der Waals surface area contributed by atoms with Gasteiger partial charge in [0.05, 0.1) is 0 Å². The molecular weight excluding hydrogens is 272 g/mol. The van der Waals surface area contributed by atoms with Crippen LogP contribution in [0.15, 0.2) is 34.9 Å². The molecule has 0 aliphatic carbocycles. The molecule has 0 unspecified atom stereocenters. The lowest BCUT2D eigenvalue weighted by Crippen LogP contribution is -2.14. The highest BCUT2D eigenvalue weighted by molar-refractivity contribution is 6.01. The number of aryl methyl sites for hydroxylation is 2. The number of furan rings is 1. The Balaban J connectivity index is 1.87. The van der Waals surface area contributed by atoms with Gasteiger partial charge in [-0.25, -0.2) is 0 Å². The molecule has 0 aliphatic rings. The van der Waals surface area contributed by atoms with Crippen molar-refractivity contribution in [2.45, 2.75) is 19.9 Å². The van der Waals surface area contributed by atoms with Gasteiger partial charge in [-0.05, 0) is 25.1 Å². The van der Waals surface area contributed by atoms with Crippen LogP contribution in [0.25, 0.3) is 6.08 Å². The number of rotatable bonds is 6. The molecule has 0 radical (unpaired) electrons. The normalized spacial score (nSPS) is 10.9. The molecule has 2 aromatic heterocycles. The summed E-state index contributed by atoms with van der Waals surface area (Å²) < 4.78 is 6.85. The minimum Gasteiger partial charge on any atom is -0.462 e. The Bertz CT molecular complexity index is 669. The zero-order chi connectivity index (χ0) is 15.2. The minimum absolute atomic E-state index is 0.201. The van der Waals surface area contributed by atoms with Gasteiger partial charge in [0, 0.05) is 31.3 Å². The maximum atomic E-state index is 11.7. The van der Waals surface area contributed by atoms with Crippen molar-refractivity contribution in [1.29, 1.82) is 0 Å². The van der Waals surface area contributed by atoms with Crippen LogP contribution < -0.4 is 11.1 Å². The van der Waals surface area contributed by atoms with Gasteiger partial charge < -0.3 is 15.5 Å². The highest BCUT2D eigenvalue weighted by Gasteiger charge is 2.03. The van der Waals surface area contributed by atoms with E-state index in [9.17, 15) is 9.59 Å². The number of anilines is 1. The van der Waals surface area contributed by atoms with Crippen LogP contribution in [0.3, 0.4) is 0 Å². The smallest absolute Gasteiger partial charge is 0.249 e. The minimum atomic E-state index is -0.396. The third-order valence-electron chi connectivity index (χ3n) is 2.64. The fourth-order valence-corrected chi connectivity index (χ4v) is 1.65. The van der Waals surface area contributed by atoms with Crippen LogP contribution in [0.5, 0.6) is 0 Å². The van der Waals surface area contributed by atoms with Crippen molar-refractivity contribution in [2.75, 3.05) is 5.32 Å². The van der Waals surface area contributed by atoms with Gasteiger partial charge in [0.25, 0.3) is 0 Å². The maximum Gasteiger partial charge on any atom is 0.249 e. The molecule has 0 spiro atoms. The summed E-state index contributed by atoms with van der Waals surface area (Å²) >= 11 is 0. The van der Waals surface area contributed by atoms with E-state index in [4.69, 9.17) is 10.2 Å². The Morgan fingerprint density at radius 1 is 1.43 bits per heavy atom. The number of aromatic nitrogens is 2. The number of hydrogen-bond donors (Lipinski definition) is 2. The molecule has 0 saturated heterocycles. The quantitative estimate of drug-likeness (QED) is 0.782. The van der Waals surface area contributed by atoms with E-state index in [1.54, 1.807) is 29.1 Å². The van der Waals surface area contributed by atoms with Crippen molar-refractivity contribution in [2.24, 2.45) is 5.73 Å². The number of nitrogens with two attached hydrogens (primary N) is 1. The van der Waals surface area contributed by atoms with Crippen molar-refractivity contribution in [1.82, 2.24) is 9.78 Å². The second-order valence-corrected chi connectivity index (χ2v) is 4.45. The lowest BCUT2D eigenvalue weighted by Gasteiger charge is -1.98. The Kier molecular flexibility index (Phi) is 4.55. The molecule has 0 saturated carbocycles. The third-order valence-corrected chi connectivity index (χ3v) is 2.64. The van der Waals surface area contributed by atoms with Gasteiger partial charge in [-0.3, -0.25) is 14.3 Å². The molecule has 2 rings (SSSR count). The fraction of sp³-hybridized carbons (Fsp3) is 0.214. The van der Waals surface area contributed by atoms with Gasteiger partial charge in [0.1, 0.15) is 11.5 Å². The molecule has 3 N–H and O–H groups in total. The number of carbonyl (C=O) groups is 2. The number of hydrogen-bond acceptors (Lipinski definition) is 4. The molecule has 0 fully saturated rings. The average Bonchev–Trinajstić information content (AvgIpc) is 3.03. The van der Waals surface area contributed by atoms with E-state index in [0.29, 0.717) is 18.1 Å². The van der Waals surface area contributed by atoms with Crippen LogP contribution in [0.4, 0.5) is 5.82 Å². The number of nitrogens with one attached hydrogen (secondary N) is 1. The topological polar surface area (TPSA) is 103 Å². The first-order valence-corrected chi connectivity index (χ1v) is 6.40. The van der Waals surface area contributed by atoms with Gasteiger partial charge in [0.15, 0.2) is 5.82 Å². The van der Waals surface area contributed by atoms with Gasteiger partial charge in [0.2, 0.25) is 11.8 Å². The number of amides is 2. The van der Waals surface area contributed by atoms with E-state index >= 15 is 0 Å². The first kappa shape index (κ1) is 14.6. The lowest BCUT2D eigenvalue weighted by molar-refractivity contribution is -0.118. The summed E-state index contributed by atoms with van der Waals surface area (Å²) in [5, 5.41) is 6.71. The molecule has 21 heavy (non-hydrogen) atoms. The summed E-state index contributed by atoms with van der Waals surface area (Å²) in [6.07, 6.45) is 4.80. The van der Waals surface area contributed by atoms with E-state index in [1.165, 1.54) is 6.08 Å². The highest BCUT2D eigenvalue weighted by atomic mass is 16.3. The molecular formula is C14H16N4O3. The maximum absolute atomic E-state index is 11.7. The zero-order valence-electron chi connectivity index (χ0n) is 11.6. The highest BCUT2D eigenvalue weighted by Crippen LogP contribution is 2.08. The molecule has 0 bridgehead atoms. The molecule has 110 valence electrons. The molecule has 0 aliphatic heterocycles. The SMILES string of the molecule is Cc1ccc(C=CC(=O)Nc2ccn(CCC(N)=O)n2)o1. The van der Waals surface area contributed by atoms with Crippen molar-refractivity contribution in [3.05, 3.63) is 42.0 Å². The first-order valence-electron chi connectivity index (χ1n) is 6.40. The summed E-state index contributed by atoms with van der Waals surface area (Å²) in [5.41, 5.74) is 5.06. The van der Waals surface area contributed by atoms with Crippen LogP contribution in [0.1, 0.15) is 17.9 Å². The summed E-state index contributed by atoms with van der Waals surface area (Å²) in [6, 6.07) is 5.24. The van der Waals surface area contributed by atoms with E-state index in [0.717, 1.165) is 5.76 Å². The zero-order valence-corrected chi connectivity index (χ0v) is 11.6. The second kappa shape index (κ2) is 6.56. The average molecular weight is 288 g/mol. The van der Waals surface area contributed by atoms with Crippen LogP contribution >= 0.6 is 0 Å². The van der Waals surface area contributed by atoms with E-state index in [1.807, 2.05) is 13.0 Å². The second-order valence-electron chi connectivity index (χ2n) is 4.45. The van der Waals surface area contributed by atoms with Crippen molar-refractivity contribution in [3.63, 3.8) is 0 Å². The molecule has 7 nitrogen and oxygen atoms in total.